The first-order chi connectivity index (χ1) is 14.1. The van der Waals surface area contributed by atoms with Crippen LogP contribution in [0.1, 0.15) is 21.7 Å². The van der Waals surface area contributed by atoms with Gasteiger partial charge in [-0.2, -0.15) is 0 Å². The molecule has 2 amide bonds. The molecule has 0 fully saturated rings. The molecule has 29 heavy (non-hydrogen) atoms. The molecule has 0 radical (unpaired) electrons. The SMILES string of the molecule is Cc1c(C(=O)Nc2ccc3c(c2)CC(=O)N3)nnn1-c1cccc2ncccc12. The highest BCUT2D eigenvalue weighted by atomic mass is 16.2. The van der Waals surface area contributed by atoms with Crippen LogP contribution in [0.3, 0.4) is 0 Å². The van der Waals surface area contributed by atoms with Gasteiger partial charge in [-0.05, 0) is 55.0 Å². The van der Waals surface area contributed by atoms with Crippen molar-refractivity contribution in [2.24, 2.45) is 0 Å². The number of nitrogens with zero attached hydrogens (tertiary/aromatic N) is 4. The highest BCUT2D eigenvalue weighted by molar-refractivity contribution is 6.05. The van der Waals surface area contributed by atoms with Gasteiger partial charge < -0.3 is 10.6 Å². The summed E-state index contributed by atoms with van der Waals surface area (Å²) >= 11 is 0. The lowest BCUT2D eigenvalue weighted by Gasteiger charge is -2.08. The summed E-state index contributed by atoms with van der Waals surface area (Å²) in [6, 6.07) is 14.9. The Labute approximate surface area is 165 Å². The quantitative estimate of drug-likeness (QED) is 0.566. The van der Waals surface area contributed by atoms with Crippen LogP contribution < -0.4 is 10.6 Å². The maximum atomic E-state index is 12.8. The second-order valence-corrected chi connectivity index (χ2v) is 6.83. The third-order valence-corrected chi connectivity index (χ3v) is 4.95. The first kappa shape index (κ1) is 17.1. The number of amides is 2. The zero-order chi connectivity index (χ0) is 20.0. The Balaban J connectivity index is 1.46. The average Bonchev–Trinajstić information content (AvgIpc) is 3.28. The Morgan fingerprint density at radius 1 is 1.17 bits per heavy atom. The molecule has 8 nitrogen and oxygen atoms in total. The van der Waals surface area contributed by atoms with Crippen molar-refractivity contribution in [1.82, 2.24) is 20.0 Å². The lowest BCUT2D eigenvalue weighted by molar-refractivity contribution is -0.115. The summed E-state index contributed by atoms with van der Waals surface area (Å²) in [5.41, 5.74) is 4.75. The van der Waals surface area contributed by atoms with E-state index in [-0.39, 0.29) is 17.5 Å². The fraction of sp³-hybridized carbons (Fsp3) is 0.0952. The van der Waals surface area contributed by atoms with Gasteiger partial charge in [-0.3, -0.25) is 14.6 Å². The molecule has 0 atom stereocenters. The maximum Gasteiger partial charge on any atom is 0.278 e. The predicted molar refractivity (Wildman–Crippen MR) is 108 cm³/mol. The third-order valence-electron chi connectivity index (χ3n) is 4.95. The molecule has 0 spiro atoms. The van der Waals surface area contributed by atoms with Crippen molar-refractivity contribution in [3.8, 4) is 5.69 Å². The van der Waals surface area contributed by atoms with Crippen molar-refractivity contribution in [1.29, 1.82) is 0 Å². The van der Waals surface area contributed by atoms with E-state index in [1.807, 2.05) is 30.3 Å². The second-order valence-electron chi connectivity index (χ2n) is 6.83. The minimum Gasteiger partial charge on any atom is -0.326 e. The molecule has 8 heteroatoms. The number of hydrogen-bond acceptors (Lipinski definition) is 5. The van der Waals surface area contributed by atoms with Crippen LogP contribution in [0.4, 0.5) is 11.4 Å². The van der Waals surface area contributed by atoms with Crippen molar-refractivity contribution in [3.63, 3.8) is 0 Å². The molecule has 0 unspecified atom stereocenters. The van der Waals surface area contributed by atoms with Crippen molar-refractivity contribution >= 4 is 34.1 Å². The molecule has 0 saturated heterocycles. The second kappa shape index (κ2) is 6.52. The monoisotopic (exact) mass is 384 g/mol. The zero-order valence-corrected chi connectivity index (χ0v) is 15.5. The van der Waals surface area contributed by atoms with Crippen LogP contribution >= 0.6 is 0 Å². The Bertz CT molecular complexity index is 1290. The number of anilines is 2. The van der Waals surface area contributed by atoms with Crippen LogP contribution in [-0.2, 0) is 11.2 Å². The van der Waals surface area contributed by atoms with Crippen LogP contribution in [0.2, 0.25) is 0 Å². The number of carbonyl (C=O) groups excluding carboxylic acids is 2. The molecule has 0 saturated carbocycles. The molecule has 1 aliphatic rings. The fourth-order valence-corrected chi connectivity index (χ4v) is 3.54. The Morgan fingerprint density at radius 3 is 2.97 bits per heavy atom. The highest BCUT2D eigenvalue weighted by Crippen LogP contribution is 2.27. The van der Waals surface area contributed by atoms with E-state index in [4.69, 9.17) is 0 Å². The molecular weight excluding hydrogens is 368 g/mol. The number of nitrogens with one attached hydrogen (secondary N) is 2. The number of aromatic nitrogens is 4. The lowest BCUT2D eigenvalue weighted by Crippen LogP contribution is -2.14. The number of fused-ring (bicyclic) bond motifs is 2. The molecule has 4 aromatic rings. The molecule has 3 heterocycles. The third kappa shape index (κ3) is 2.91. The van der Waals surface area contributed by atoms with Gasteiger partial charge in [0.2, 0.25) is 5.91 Å². The first-order valence-corrected chi connectivity index (χ1v) is 9.11. The van der Waals surface area contributed by atoms with Crippen molar-refractivity contribution in [2.75, 3.05) is 10.6 Å². The standard InChI is InChI=1S/C21H16N6O2/c1-12-20(21(29)23-14-7-8-16-13(10-14)11-19(28)24-16)25-26-27(12)18-6-2-5-17-15(18)4-3-9-22-17/h2-10H,11H2,1H3,(H,23,29)(H,24,28). The number of carbonyl (C=O) groups is 2. The molecule has 1 aliphatic heterocycles. The molecule has 0 aliphatic carbocycles. The average molecular weight is 384 g/mol. The van der Waals surface area contributed by atoms with Gasteiger partial charge >= 0.3 is 0 Å². The van der Waals surface area contributed by atoms with Crippen molar-refractivity contribution in [3.05, 3.63) is 71.7 Å². The lowest BCUT2D eigenvalue weighted by atomic mass is 10.1. The number of hydrogen-bond donors (Lipinski definition) is 2. The van der Waals surface area contributed by atoms with Gasteiger partial charge in [-0.1, -0.05) is 11.3 Å². The minimum absolute atomic E-state index is 0.0492. The molecule has 2 aromatic heterocycles. The summed E-state index contributed by atoms with van der Waals surface area (Å²) in [6.45, 7) is 1.80. The minimum atomic E-state index is -0.357. The molecule has 2 aromatic carbocycles. The van der Waals surface area contributed by atoms with E-state index in [1.165, 1.54) is 0 Å². The van der Waals surface area contributed by atoms with E-state index < -0.39 is 0 Å². The molecule has 0 bridgehead atoms. The van der Waals surface area contributed by atoms with Gasteiger partial charge in [-0.15, -0.1) is 5.10 Å². The van der Waals surface area contributed by atoms with Gasteiger partial charge in [0.25, 0.3) is 5.91 Å². The summed E-state index contributed by atoms with van der Waals surface area (Å²) in [4.78, 5) is 28.7. The van der Waals surface area contributed by atoms with E-state index in [0.29, 0.717) is 17.8 Å². The van der Waals surface area contributed by atoms with E-state index in [0.717, 1.165) is 27.8 Å². The topological polar surface area (TPSA) is 102 Å². The molecule has 142 valence electrons. The van der Waals surface area contributed by atoms with Crippen LogP contribution in [0.5, 0.6) is 0 Å². The zero-order valence-electron chi connectivity index (χ0n) is 15.5. The Kier molecular flexibility index (Phi) is 3.83. The normalized spacial score (nSPS) is 12.7. The summed E-state index contributed by atoms with van der Waals surface area (Å²) in [7, 11) is 0. The van der Waals surface area contributed by atoms with Gasteiger partial charge in [0, 0.05) is 23.0 Å². The summed E-state index contributed by atoms with van der Waals surface area (Å²) in [5.74, 6) is -0.406. The van der Waals surface area contributed by atoms with E-state index in [2.05, 4.69) is 25.9 Å². The van der Waals surface area contributed by atoms with Crippen molar-refractivity contribution < 1.29 is 9.59 Å². The van der Waals surface area contributed by atoms with E-state index in [9.17, 15) is 9.59 Å². The molecular formula is C21H16N6O2. The van der Waals surface area contributed by atoms with Crippen LogP contribution in [0.15, 0.2) is 54.7 Å². The summed E-state index contributed by atoms with van der Waals surface area (Å²) < 4.78 is 1.64. The maximum absolute atomic E-state index is 12.8. The number of benzene rings is 2. The fourth-order valence-electron chi connectivity index (χ4n) is 3.54. The number of pyridine rings is 1. The van der Waals surface area contributed by atoms with Crippen LogP contribution in [-0.4, -0.2) is 31.8 Å². The molecule has 5 rings (SSSR count). The van der Waals surface area contributed by atoms with E-state index in [1.54, 1.807) is 36.0 Å². The van der Waals surface area contributed by atoms with Crippen LogP contribution in [0.25, 0.3) is 16.6 Å². The number of rotatable bonds is 3. The highest BCUT2D eigenvalue weighted by Gasteiger charge is 2.21. The van der Waals surface area contributed by atoms with Crippen molar-refractivity contribution in [2.45, 2.75) is 13.3 Å². The predicted octanol–water partition coefficient (Wildman–Crippen LogP) is 2.87. The summed E-state index contributed by atoms with van der Waals surface area (Å²) in [6.07, 6.45) is 2.04. The van der Waals surface area contributed by atoms with Gasteiger partial charge in [0.15, 0.2) is 5.69 Å². The van der Waals surface area contributed by atoms with Gasteiger partial charge in [0.1, 0.15) is 0 Å². The summed E-state index contributed by atoms with van der Waals surface area (Å²) in [5, 5.41) is 14.8. The van der Waals surface area contributed by atoms with Gasteiger partial charge in [0.05, 0.1) is 23.3 Å². The Hall–Kier alpha value is -4.07. The largest absolute Gasteiger partial charge is 0.326 e. The smallest absolute Gasteiger partial charge is 0.278 e. The van der Waals surface area contributed by atoms with Gasteiger partial charge in [-0.25, -0.2) is 4.68 Å². The molecule has 2 N–H and O–H groups in total. The van der Waals surface area contributed by atoms with Crippen LogP contribution in [0, 0.1) is 6.92 Å². The Morgan fingerprint density at radius 2 is 2.07 bits per heavy atom. The first-order valence-electron chi connectivity index (χ1n) is 9.11. The van der Waals surface area contributed by atoms with E-state index >= 15 is 0 Å².